The van der Waals surface area contributed by atoms with Crippen LogP contribution in [-0.2, 0) is 14.3 Å². The van der Waals surface area contributed by atoms with Crippen molar-refractivity contribution in [2.24, 2.45) is 5.92 Å². The molecule has 6 nitrogen and oxygen atoms in total. The van der Waals surface area contributed by atoms with E-state index in [4.69, 9.17) is 14.6 Å². The smallest absolute Gasteiger partial charge is 0.307 e. The fourth-order valence-electron chi connectivity index (χ4n) is 2.28. The number of carboxylic acids is 1. The number of rotatable bonds is 6. The monoisotopic (exact) mass is 302 g/mol. The molecule has 1 aliphatic heterocycles. The Morgan fingerprint density at radius 2 is 2.00 bits per heavy atom. The van der Waals surface area contributed by atoms with Crippen LogP contribution in [0.3, 0.4) is 0 Å². The second-order valence-electron chi connectivity index (χ2n) is 5.86. The highest BCUT2D eigenvalue weighted by molar-refractivity contribution is 5.69. The number of ether oxygens (including phenoxy) is 2. The van der Waals surface area contributed by atoms with Crippen molar-refractivity contribution in [2.75, 3.05) is 0 Å². The zero-order valence-corrected chi connectivity index (χ0v) is 13.0. The van der Waals surface area contributed by atoms with Gasteiger partial charge in [-0.25, -0.2) is 0 Å². The largest absolute Gasteiger partial charge is 0.481 e. The lowest BCUT2D eigenvalue weighted by Crippen LogP contribution is -2.48. The lowest BCUT2D eigenvalue weighted by atomic mass is 10.0. The molecular formula is C15H26O6. The maximum absolute atomic E-state index is 10.6. The summed E-state index contributed by atoms with van der Waals surface area (Å²) in [6.07, 6.45) is -0.870. The van der Waals surface area contributed by atoms with Crippen molar-refractivity contribution in [2.45, 2.75) is 71.2 Å². The first-order valence-corrected chi connectivity index (χ1v) is 7.26. The summed E-state index contributed by atoms with van der Waals surface area (Å²) in [7, 11) is 0. The van der Waals surface area contributed by atoms with E-state index in [0.717, 1.165) is 5.57 Å². The summed E-state index contributed by atoms with van der Waals surface area (Å²) in [4.78, 5) is 10.6. The predicted octanol–water partition coefficient (Wildman–Crippen LogP) is 1.31. The maximum Gasteiger partial charge on any atom is 0.307 e. The molecule has 1 aliphatic rings. The summed E-state index contributed by atoms with van der Waals surface area (Å²) in [6.45, 7) is 7.27. The van der Waals surface area contributed by atoms with Gasteiger partial charge in [0, 0.05) is 12.3 Å². The van der Waals surface area contributed by atoms with Crippen LogP contribution in [-0.4, -0.2) is 52.0 Å². The first-order chi connectivity index (χ1) is 9.70. The minimum atomic E-state index is -0.866. The zero-order chi connectivity index (χ0) is 16.2. The molecule has 1 heterocycles. The summed E-state index contributed by atoms with van der Waals surface area (Å²) in [6, 6.07) is 0. The van der Waals surface area contributed by atoms with Gasteiger partial charge in [0.25, 0.3) is 0 Å². The second kappa shape index (κ2) is 7.89. The molecule has 3 unspecified atom stereocenters. The summed E-state index contributed by atoms with van der Waals surface area (Å²) in [5.41, 5.74) is 0.763. The quantitative estimate of drug-likeness (QED) is 0.640. The Balaban J connectivity index is 2.55. The zero-order valence-electron chi connectivity index (χ0n) is 13.0. The topological polar surface area (TPSA) is 96.2 Å². The molecule has 6 atom stereocenters. The molecule has 0 radical (unpaired) electrons. The van der Waals surface area contributed by atoms with Crippen LogP contribution in [0.2, 0.25) is 0 Å². The number of hydrogen-bond acceptors (Lipinski definition) is 5. The lowest BCUT2D eigenvalue weighted by Gasteiger charge is -2.37. The molecule has 3 N–H and O–H groups in total. The standard InChI is InChI=1S/C15H26O6/c1-8(6-14(18)19)5-9(2)10(3)20-15-13(17)7-12(16)11(4)21-15/h5,9-13,15-17H,6-7H2,1-4H3,(H,18,19)/b8-5-/t9?,10-,11?,12-,13+,15?/m1/s1. The van der Waals surface area contributed by atoms with Crippen molar-refractivity contribution < 1.29 is 29.6 Å². The van der Waals surface area contributed by atoms with Gasteiger partial charge in [-0.1, -0.05) is 18.6 Å². The number of carboxylic acid groups (broad SMARTS) is 1. The van der Waals surface area contributed by atoms with Crippen molar-refractivity contribution in [1.29, 1.82) is 0 Å². The van der Waals surface area contributed by atoms with E-state index in [9.17, 15) is 15.0 Å². The highest BCUT2D eigenvalue weighted by Gasteiger charge is 2.35. The molecule has 0 aliphatic carbocycles. The third-order valence-corrected chi connectivity index (χ3v) is 3.75. The van der Waals surface area contributed by atoms with Gasteiger partial charge >= 0.3 is 5.97 Å². The van der Waals surface area contributed by atoms with Crippen LogP contribution in [0.1, 0.15) is 40.5 Å². The second-order valence-corrected chi connectivity index (χ2v) is 5.86. The Morgan fingerprint density at radius 3 is 2.57 bits per heavy atom. The fraction of sp³-hybridized carbons (Fsp3) is 0.800. The number of hydrogen-bond donors (Lipinski definition) is 3. The van der Waals surface area contributed by atoms with Crippen molar-refractivity contribution in [3.05, 3.63) is 11.6 Å². The van der Waals surface area contributed by atoms with Crippen LogP contribution in [0.25, 0.3) is 0 Å². The van der Waals surface area contributed by atoms with Crippen LogP contribution >= 0.6 is 0 Å². The Bertz CT molecular complexity index is 380. The number of aliphatic hydroxyl groups is 2. The van der Waals surface area contributed by atoms with Crippen LogP contribution in [0, 0.1) is 5.92 Å². The molecule has 122 valence electrons. The molecule has 6 heteroatoms. The fourth-order valence-corrected chi connectivity index (χ4v) is 2.28. The summed E-state index contributed by atoms with van der Waals surface area (Å²) < 4.78 is 11.2. The highest BCUT2D eigenvalue weighted by atomic mass is 16.7. The van der Waals surface area contributed by atoms with Gasteiger partial charge in [0.05, 0.1) is 24.7 Å². The molecule has 0 aromatic rings. The Kier molecular flexibility index (Phi) is 6.80. The third kappa shape index (κ3) is 5.74. The molecule has 0 aromatic heterocycles. The lowest BCUT2D eigenvalue weighted by molar-refractivity contribution is -0.276. The summed E-state index contributed by atoms with van der Waals surface area (Å²) in [5.74, 6) is -0.874. The van der Waals surface area contributed by atoms with E-state index in [1.165, 1.54) is 0 Å². The molecule has 0 spiro atoms. The minimum absolute atomic E-state index is 0.00282. The average Bonchev–Trinajstić information content (AvgIpc) is 2.34. The Hall–Kier alpha value is -0.950. The molecule has 0 bridgehead atoms. The van der Waals surface area contributed by atoms with Gasteiger partial charge in [-0.05, 0) is 20.8 Å². The molecule has 1 saturated heterocycles. The molecule has 0 amide bonds. The molecular weight excluding hydrogens is 276 g/mol. The Labute approximate surface area is 125 Å². The average molecular weight is 302 g/mol. The van der Waals surface area contributed by atoms with Crippen molar-refractivity contribution in [3.8, 4) is 0 Å². The molecule has 1 rings (SSSR count). The molecule has 0 saturated carbocycles. The van der Waals surface area contributed by atoms with Gasteiger partial charge in [0.15, 0.2) is 6.29 Å². The van der Waals surface area contributed by atoms with E-state index in [2.05, 4.69) is 0 Å². The van der Waals surface area contributed by atoms with E-state index in [1.807, 2.05) is 19.9 Å². The minimum Gasteiger partial charge on any atom is -0.481 e. The van der Waals surface area contributed by atoms with Crippen molar-refractivity contribution in [1.82, 2.24) is 0 Å². The molecule has 0 aromatic carbocycles. The van der Waals surface area contributed by atoms with Crippen molar-refractivity contribution in [3.63, 3.8) is 0 Å². The van der Waals surface area contributed by atoms with Crippen LogP contribution in [0.4, 0.5) is 0 Å². The summed E-state index contributed by atoms with van der Waals surface area (Å²) in [5, 5.41) is 28.2. The van der Waals surface area contributed by atoms with E-state index >= 15 is 0 Å². The van der Waals surface area contributed by atoms with E-state index in [-0.39, 0.29) is 31.0 Å². The number of aliphatic carboxylic acids is 1. The van der Waals surface area contributed by atoms with Crippen molar-refractivity contribution >= 4 is 5.97 Å². The van der Waals surface area contributed by atoms with Gasteiger partial charge in [-0.2, -0.15) is 0 Å². The SMILES string of the molecule is C/C(=C/C(C)[C@@H](C)OC1OC(C)[C@H](O)C[C@@H]1O)CC(=O)O. The maximum atomic E-state index is 10.6. The number of carbonyl (C=O) groups is 1. The first-order valence-electron chi connectivity index (χ1n) is 7.26. The first kappa shape index (κ1) is 18.1. The summed E-state index contributed by atoms with van der Waals surface area (Å²) >= 11 is 0. The van der Waals surface area contributed by atoms with E-state index in [0.29, 0.717) is 0 Å². The number of aliphatic hydroxyl groups excluding tert-OH is 2. The Morgan fingerprint density at radius 1 is 1.38 bits per heavy atom. The van der Waals surface area contributed by atoms with Crippen LogP contribution in [0.5, 0.6) is 0 Å². The highest BCUT2D eigenvalue weighted by Crippen LogP contribution is 2.24. The van der Waals surface area contributed by atoms with E-state index in [1.54, 1.807) is 13.8 Å². The van der Waals surface area contributed by atoms with Crippen LogP contribution in [0.15, 0.2) is 11.6 Å². The van der Waals surface area contributed by atoms with Gasteiger partial charge in [0.1, 0.15) is 6.10 Å². The van der Waals surface area contributed by atoms with Gasteiger partial charge in [-0.3, -0.25) is 4.79 Å². The molecule has 1 fully saturated rings. The van der Waals surface area contributed by atoms with Crippen LogP contribution < -0.4 is 0 Å². The van der Waals surface area contributed by atoms with E-state index < -0.39 is 24.5 Å². The van der Waals surface area contributed by atoms with Gasteiger partial charge in [0.2, 0.25) is 0 Å². The molecule has 21 heavy (non-hydrogen) atoms. The van der Waals surface area contributed by atoms with Gasteiger partial charge in [-0.15, -0.1) is 0 Å². The normalized spacial score (nSPS) is 33.5. The van der Waals surface area contributed by atoms with Gasteiger partial charge < -0.3 is 24.8 Å². The third-order valence-electron chi connectivity index (χ3n) is 3.75. The predicted molar refractivity (Wildman–Crippen MR) is 76.7 cm³/mol.